The van der Waals surface area contributed by atoms with E-state index >= 15 is 0 Å². The number of aryl methyl sites for hydroxylation is 1. The van der Waals surface area contributed by atoms with Crippen LogP contribution in [-0.2, 0) is 4.79 Å². The van der Waals surface area contributed by atoms with Crippen LogP contribution in [-0.4, -0.2) is 44.2 Å². The van der Waals surface area contributed by atoms with Gasteiger partial charge in [-0.1, -0.05) is 42.1 Å². The largest absolute Gasteiger partial charge is 0.440 e. The fourth-order valence-electron chi connectivity index (χ4n) is 4.07. The number of oxazole rings is 1. The van der Waals surface area contributed by atoms with Gasteiger partial charge >= 0.3 is 0 Å². The third kappa shape index (κ3) is 4.10. The van der Waals surface area contributed by atoms with Gasteiger partial charge in [-0.15, -0.1) is 0 Å². The summed E-state index contributed by atoms with van der Waals surface area (Å²) in [6.45, 7) is 3.54. The second-order valence-electron chi connectivity index (χ2n) is 7.83. The number of carbonyl (C=O) groups excluding carboxylic acids is 1. The predicted molar refractivity (Wildman–Crippen MR) is 122 cm³/mol. The van der Waals surface area contributed by atoms with Crippen LogP contribution in [0.25, 0.3) is 16.8 Å². The zero-order valence-corrected chi connectivity index (χ0v) is 18.2. The van der Waals surface area contributed by atoms with Gasteiger partial charge in [-0.25, -0.2) is 9.97 Å². The second kappa shape index (κ2) is 8.59. The van der Waals surface area contributed by atoms with Crippen molar-refractivity contribution >= 4 is 28.8 Å². The number of amides is 1. The number of aromatic nitrogens is 3. The lowest BCUT2D eigenvalue weighted by molar-refractivity contribution is -0.129. The average Bonchev–Trinajstić information content (AvgIpc) is 3.45. The molecule has 0 N–H and O–H groups in total. The molecule has 0 bridgehead atoms. The van der Waals surface area contributed by atoms with Crippen molar-refractivity contribution in [1.82, 2.24) is 19.4 Å². The molecule has 7 heteroatoms. The molecule has 0 unspecified atom stereocenters. The van der Waals surface area contributed by atoms with E-state index in [0.29, 0.717) is 5.75 Å². The Labute approximate surface area is 185 Å². The van der Waals surface area contributed by atoms with E-state index in [-0.39, 0.29) is 11.8 Å². The molecular weight excluding hydrogens is 408 g/mol. The van der Waals surface area contributed by atoms with Crippen molar-refractivity contribution in [3.05, 3.63) is 72.4 Å². The number of rotatable bonds is 5. The minimum absolute atomic E-state index is 0.153. The monoisotopic (exact) mass is 432 g/mol. The fraction of sp³-hybridized carbons (Fsp3) is 0.292. The summed E-state index contributed by atoms with van der Waals surface area (Å²) < 4.78 is 7.98. The first-order valence-electron chi connectivity index (χ1n) is 10.5. The molecule has 0 saturated carbocycles. The van der Waals surface area contributed by atoms with E-state index < -0.39 is 0 Å². The number of likely N-dealkylation sites (tertiary alicyclic amines) is 1. The number of carbonyl (C=O) groups is 1. The van der Waals surface area contributed by atoms with Crippen molar-refractivity contribution in [1.29, 1.82) is 0 Å². The average molecular weight is 433 g/mol. The fourth-order valence-corrected chi connectivity index (χ4v) is 4.94. The summed E-state index contributed by atoms with van der Waals surface area (Å²) in [6.07, 6.45) is 5.48. The van der Waals surface area contributed by atoms with Crippen LogP contribution in [0.15, 0.2) is 70.5 Å². The minimum atomic E-state index is 0.153. The SMILES string of the molecule is Cc1ccccc1-n1ccnc1SCC(=O)N1CCC(c2nc3ccccc3o2)CC1. The van der Waals surface area contributed by atoms with Crippen LogP contribution in [0.1, 0.15) is 30.2 Å². The molecule has 0 aliphatic carbocycles. The Hall–Kier alpha value is -3.06. The minimum Gasteiger partial charge on any atom is -0.440 e. The lowest BCUT2D eigenvalue weighted by Gasteiger charge is -2.30. The van der Waals surface area contributed by atoms with E-state index in [0.717, 1.165) is 53.8 Å². The van der Waals surface area contributed by atoms with Crippen LogP contribution in [0.4, 0.5) is 0 Å². The van der Waals surface area contributed by atoms with E-state index in [4.69, 9.17) is 4.42 Å². The Balaban J connectivity index is 1.18. The van der Waals surface area contributed by atoms with Crippen molar-refractivity contribution in [2.75, 3.05) is 18.8 Å². The van der Waals surface area contributed by atoms with E-state index in [2.05, 4.69) is 29.0 Å². The lowest BCUT2D eigenvalue weighted by atomic mass is 9.97. The van der Waals surface area contributed by atoms with Gasteiger partial charge < -0.3 is 9.32 Å². The maximum Gasteiger partial charge on any atom is 0.233 e. The Kier molecular flexibility index (Phi) is 5.51. The summed E-state index contributed by atoms with van der Waals surface area (Å²) in [5, 5.41) is 0.837. The van der Waals surface area contributed by atoms with Crippen LogP contribution >= 0.6 is 11.8 Å². The molecule has 4 aromatic rings. The number of hydrogen-bond acceptors (Lipinski definition) is 5. The van der Waals surface area contributed by atoms with E-state index in [9.17, 15) is 4.79 Å². The van der Waals surface area contributed by atoms with Crippen molar-refractivity contribution in [3.63, 3.8) is 0 Å². The highest BCUT2D eigenvalue weighted by Gasteiger charge is 2.27. The molecule has 158 valence electrons. The highest BCUT2D eigenvalue weighted by atomic mass is 32.2. The van der Waals surface area contributed by atoms with Gasteiger partial charge in [0.15, 0.2) is 16.6 Å². The van der Waals surface area contributed by atoms with Crippen molar-refractivity contribution in [2.24, 2.45) is 0 Å². The van der Waals surface area contributed by atoms with Gasteiger partial charge in [0.25, 0.3) is 0 Å². The van der Waals surface area contributed by atoms with Crippen LogP contribution in [0, 0.1) is 6.92 Å². The summed E-state index contributed by atoms with van der Waals surface area (Å²) in [5.41, 5.74) is 4.00. The quantitative estimate of drug-likeness (QED) is 0.423. The first-order valence-corrected chi connectivity index (χ1v) is 11.5. The third-order valence-corrected chi connectivity index (χ3v) is 6.77. The second-order valence-corrected chi connectivity index (χ2v) is 8.77. The molecule has 6 nitrogen and oxygen atoms in total. The van der Waals surface area contributed by atoms with E-state index in [1.807, 2.05) is 52.1 Å². The number of fused-ring (bicyclic) bond motifs is 1. The summed E-state index contributed by atoms with van der Waals surface area (Å²) in [4.78, 5) is 23.9. The normalized spacial score (nSPS) is 14.9. The molecule has 0 atom stereocenters. The maximum absolute atomic E-state index is 12.8. The molecule has 1 aliphatic rings. The molecule has 1 saturated heterocycles. The highest BCUT2D eigenvalue weighted by molar-refractivity contribution is 7.99. The summed E-state index contributed by atoms with van der Waals surface area (Å²) in [5.74, 6) is 1.60. The molecule has 0 spiro atoms. The van der Waals surface area contributed by atoms with Crippen LogP contribution in [0.3, 0.4) is 0 Å². The number of imidazole rings is 1. The van der Waals surface area contributed by atoms with Gasteiger partial charge in [0.1, 0.15) is 5.52 Å². The molecule has 3 heterocycles. The van der Waals surface area contributed by atoms with Gasteiger partial charge in [-0.05, 0) is 43.5 Å². The maximum atomic E-state index is 12.8. The first kappa shape index (κ1) is 19.9. The topological polar surface area (TPSA) is 64.2 Å². The lowest BCUT2D eigenvalue weighted by Crippen LogP contribution is -2.39. The van der Waals surface area contributed by atoms with Crippen LogP contribution in [0.5, 0.6) is 0 Å². The summed E-state index contributed by atoms with van der Waals surface area (Å²) >= 11 is 1.49. The van der Waals surface area contributed by atoms with Crippen molar-refractivity contribution in [2.45, 2.75) is 30.8 Å². The number of benzene rings is 2. The number of nitrogens with zero attached hydrogens (tertiary/aromatic N) is 4. The molecular formula is C24H24N4O2S. The molecule has 0 radical (unpaired) electrons. The zero-order chi connectivity index (χ0) is 21.2. The van der Waals surface area contributed by atoms with Gasteiger partial charge in [0.05, 0.1) is 11.4 Å². The molecule has 2 aromatic heterocycles. The molecule has 1 amide bonds. The van der Waals surface area contributed by atoms with E-state index in [1.165, 1.54) is 17.3 Å². The Morgan fingerprint density at radius 2 is 1.90 bits per heavy atom. The number of para-hydroxylation sites is 3. The van der Waals surface area contributed by atoms with Crippen molar-refractivity contribution < 1.29 is 9.21 Å². The highest BCUT2D eigenvalue weighted by Crippen LogP contribution is 2.30. The van der Waals surface area contributed by atoms with E-state index in [1.54, 1.807) is 6.20 Å². The van der Waals surface area contributed by atoms with Gasteiger partial charge in [0, 0.05) is 31.4 Å². The Morgan fingerprint density at radius 1 is 1.13 bits per heavy atom. The van der Waals surface area contributed by atoms with Crippen molar-refractivity contribution in [3.8, 4) is 5.69 Å². The Bertz CT molecular complexity index is 1170. The molecule has 1 fully saturated rings. The van der Waals surface area contributed by atoms with Crippen LogP contribution < -0.4 is 0 Å². The number of thioether (sulfide) groups is 1. The smallest absolute Gasteiger partial charge is 0.233 e. The zero-order valence-electron chi connectivity index (χ0n) is 17.4. The van der Waals surface area contributed by atoms with Gasteiger partial charge in [-0.3, -0.25) is 9.36 Å². The van der Waals surface area contributed by atoms with Gasteiger partial charge in [-0.2, -0.15) is 0 Å². The molecule has 2 aromatic carbocycles. The third-order valence-electron chi connectivity index (χ3n) is 5.81. The number of hydrogen-bond donors (Lipinski definition) is 0. The van der Waals surface area contributed by atoms with Crippen LogP contribution in [0.2, 0.25) is 0 Å². The number of piperidine rings is 1. The molecule has 5 rings (SSSR count). The molecule has 31 heavy (non-hydrogen) atoms. The first-order chi connectivity index (χ1) is 15.2. The van der Waals surface area contributed by atoms with Gasteiger partial charge in [0.2, 0.25) is 5.91 Å². The Morgan fingerprint density at radius 3 is 2.71 bits per heavy atom. The summed E-state index contributed by atoms with van der Waals surface area (Å²) in [6, 6.07) is 16.0. The predicted octanol–water partition coefficient (Wildman–Crippen LogP) is 4.82. The summed E-state index contributed by atoms with van der Waals surface area (Å²) in [7, 11) is 0. The standard InChI is InChI=1S/C24H24N4O2S/c1-17-6-2-4-8-20(17)28-15-12-25-24(28)31-16-22(29)27-13-10-18(11-14-27)23-26-19-7-3-5-9-21(19)30-23/h2-9,12,15,18H,10-11,13-14,16H2,1H3. The molecule has 1 aliphatic heterocycles.